The van der Waals surface area contributed by atoms with Crippen LogP contribution in [-0.4, -0.2) is 53.4 Å². The Labute approximate surface area is 129 Å². The first-order chi connectivity index (χ1) is 10.1. The number of aliphatic carboxylic acids is 1. The molecule has 7 heteroatoms. The van der Waals surface area contributed by atoms with Gasteiger partial charge in [-0.1, -0.05) is 6.42 Å². The summed E-state index contributed by atoms with van der Waals surface area (Å²) >= 11 is 1.87. The first kappa shape index (κ1) is 16.4. The lowest BCUT2D eigenvalue weighted by atomic mass is 9.95. The van der Waals surface area contributed by atoms with Crippen LogP contribution in [0.25, 0.3) is 0 Å². The summed E-state index contributed by atoms with van der Waals surface area (Å²) < 4.78 is 5.35. The number of hydrogen-bond acceptors (Lipinski definition) is 4. The van der Waals surface area contributed by atoms with Crippen LogP contribution < -0.4 is 10.6 Å². The van der Waals surface area contributed by atoms with Crippen LogP contribution in [0, 0.1) is 0 Å². The molecule has 0 aromatic heterocycles. The van der Waals surface area contributed by atoms with Crippen LogP contribution in [0.3, 0.4) is 0 Å². The average molecular weight is 316 g/mol. The fraction of sp³-hybridized carbons (Fsp3) is 0.857. The van der Waals surface area contributed by atoms with Gasteiger partial charge >= 0.3 is 12.0 Å². The van der Waals surface area contributed by atoms with Gasteiger partial charge in [-0.3, -0.25) is 0 Å². The molecule has 4 unspecified atom stereocenters. The third-order valence-corrected chi connectivity index (χ3v) is 5.26. The molecule has 2 amide bonds. The van der Waals surface area contributed by atoms with E-state index in [9.17, 15) is 9.59 Å². The number of carboxylic acid groups (broad SMARTS) is 1. The molecule has 0 aromatic rings. The van der Waals surface area contributed by atoms with Gasteiger partial charge in [0.1, 0.15) is 0 Å². The zero-order chi connectivity index (χ0) is 15.2. The number of ether oxygens (including phenoxy) is 1. The second-order valence-corrected chi connectivity index (χ2v) is 6.88. The van der Waals surface area contributed by atoms with Crippen LogP contribution in [0.15, 0.2) is 0 Å². The number of amides is 2. The Bertz CT molecular complexity index is 380. The number of carbonyl (C=O) groups excluding carboxylic acids is 1. The van der Waals surface area contributed by atoms with E-state index in [1.54, 1.807) is 0 Å². The van der Waals surface area contributed by atoms with Gasteiger partial charge in [-0.2, -0.15) is 11.8 Å². The molecule has 0 bridgehead atoms. The van der Waals surface area contributed by atoms with E-state index in [1.807, 2.05) is 11.8 Å². The molecule has 0 aromatic carbocycles. The first-order valence-corrected chi connectivity index (χ1v) is 8.82. The highest BCUT2D eigenvalue weighted by Crippen LogP contribution is 2.26. The van der Waals surface area contributed by atoms with Crippen LogP contribution in [0.2, 0.25) is 0 Å². The van der Waals surface area contributed by atoms with Crippen LogP contribution in [0.4, 0.5) is 4.79 Å². The molecule has 120 valence electrons. The van der Waals surface area contributed by atoms with Crippen molar-refractivity contribution in [1.29, 1.82) is 0 Å². The molecular formula is C14H24N2O4S. The molecule has 3 N–H and O–H groups in total. The van der Waals surface area contributed by atoms with E-state index in [2.05, 4.69) is 16.9 Å². The van der Waals surface area contributed by atoms with Gasteiger partial charge in [0.2, 0.25) is 0 Å². The molecule has 2 aliphatic rings. The third-order valence-electron chi connectivity index (χ3n) is 4.17. The topological polar surface area (TPSA) is 87.7 Å². The van der Waals surface area contributed by atoms with Crippen molar-refractivity contribution in [3.63, 3.8) is 0 Å². The van der Waals surface area contributed by atoms with E-state index < -0.39 is 12.1 Å². The van der Waals surface area contributed by atoms with Crippen molar-refractivity contribution in [2.75, 3.05) is 12.8 Å². The zero-order valence-corrected chi connectivity index (χ0v) is 13.2. The normalized spacial score (nSPS) is 32.6. The summed E-state index contributed by atoms with van der Waals surface area (Å²) in [5, 5.41) is 15.3. The van der Waals surface area contributed by atoms with Crippen molar-refractivity contribution < 1.29 is 19.4 Å². The van der Waals surface area contributed by atoms with Gasteiger partial charge in [-0.15, -0.1) is 0 Å². The van der Waals surface area contributed by atoms with Crippen molar-refractivity contribution in [3.05, 3.63) is 0 Å². The molecule has 1 saturated carbocycles. The number of carboxylic acids is 1. The molecule has 6 nitrogen and oxygen atoms in total. The first-order valence-electron chi connectivity index (χ1n) is 7.54. The van der Waals surface area contributed by atoms with Crippen molar-refractivity contribution in [3.8, 4) is 0 Å². The summed E-state index contributed by atoms with van der Waals surface area (Å²) in [5.74, 6) is -0.924. The van der Waals surface area contributed by atoms with Gasteiger partial charge in [0, 0.05) is 17.8 Å². The molecule has 21 heavy (non-hydrogen) atoms. The van der Waals surface area contributed by atoms with Gasteiger partial charge in [0.15, 0.2) is 6.10 Å². The minimum absolute atomic E-state index is 0.177. The minimum atomic E-state index is -0.924. The summed E-state index contributed by atoms with van der Waals surface area (Å²) in [4.78, 5) is 22.7. The molecule has 0 radical (unpaired) electrons. The van der Waals surface area contributed by atoms with E-state index in [4.69, 9.17) is 9.84 Å². The predicted octanol–water partition coefficient (Wildman–Crippen LogP) is 1.59. The highest BCUT2D eigenvalue weighted by molar-refractivity contribution is 7.99. The van der Waals surface area contributed by atoms with Crippen molar-refractivity contribution in [2.24, 2.45) is 0 Å². The van der Waals surface area contributed by atoms with E-state index >= 15 is 0 Å². The van der Waals surface area contributed by atoms with Gasteiger partial charge in [-0.25, -0.2) is 9.59 Å². The summed E-state index contributed by atoms with van der Waals surface area (Å²) in [6.45, 7) is 0.369. The Hall–Kier alpha value is -0.950. The maximum absolute atomic E-state index is 11.9. The van der Waals surface area contributed by atoms with Crippen molar-refractivity contribution in [2.45, 2.75) is 62.0 Å². The Morgan fingerprint density at radius 3 is 2.76 bits per heavy atom. The number of thioether (sulfide) groups is 1. The summed E-state index contributed by atoms with van der Waals surface area (Å²) in [7, 11) is 0. The standard InChI is InChI=1S/C14H24N2O4S/c1-21-11-4-2-3-9(7-11)16-14(19)15-8-10-5-6-12(20-10)13(17)18/h9-12H,2-8H2,1H3,(H,17,18)(H2,15,16,19). The van der Waals surface area contributed by atoms with E-state index in [-0.39, 0.29) is 18.2 Å². The number of rotatable bonds is 5. The number of hydrogen-bond donors (Lipinski definition) is 3. The molecule has 4 atom stereocenters. The number of nitrogens with one attached hydrogen (secondary N) is 2. The van der Waals surface area contributed by atoms with Crippen molar-refractivity contribution in [1.82, 2.24) is 10.6 Å². The van der Waals surface area contributed by atoms with Crippen LogP contribution in [0.1, 0.15) is 38.5 Å². The van der Waals surface area contributed by atoms with Gasteiger partial charge in [0.25, 0.3) is 0 Å². The third kappa shape index (κ3) is 5.07. The summed E-state index contributed by atoms with van der Waals surface area (Å²) in [5.41, 5.74) is 0. The second kappa shape index (κ2) is 7.89. The maximum Gasteiger partial charge on any atom is 0.332 e. The molecule has 1 aliphatic heterocycles. The Balaban J connectivity index is 1.65. The molecule has 2 fully saturated rings. The average Bonchev–Trinajstić information content (AvgIpc) is 2.94. The smallest absolute Gasteiger partial charge is 0.332 e. The van der Waals surface area contributed by atoms with Crippen LogP contribution in [-0.2, 0) is 9.53 Å². The molecule has 1 aliphatic carbocycles. The van der Waals surface area contributed by atoms with Crippen molar-refractivity contribution >= 4 is 23.8 Å². The highest BCUT2D eigenvalue weighted by Gasteiger charge is 2.30. The lowest BCUT2D eigenvalue weighted by Gasteiger charge is -2.28. The fourth-order valence-corrected chi connectivity index (χ4v) is 3.80. The monoisotopic (exact) mass is 316 g/mol. The molecular weight excluding hydrogens is 292 g/mol. The molecule has 1 heterocycles. The zero-order valence-electron chi connectivity index (χ0n) is 12.3. The fourth-order valence-electron chi connectivity index (χ4n) is 2.97. The van der Waals surface area contributed by atoms with Crippen LogP contribution in [0.5, 0.6) is 0 Å². The molecule has 0 spiro atoms. The minimum Gasteiger partial charge on any atom is -0.479 e. The van der Waals surface area contributed by atoms with Gasteiger partial charge in [-0.05, 0) is 38.4 Å². The Kier molecular flexibility index (Phi) is 6.17. The lowest BCUT2D eigenvalue weighted by Crippen LogP contribution is -2.46. The van der Waals surface area contributed by atoms with Crippen LogP contribution >= 0.6 is 11.8 Å². The SMILES string of the molecule is CSC1CCCC(NC(=O)NCC2CCC(C(=O)O)O2)C1. The van der Waals surface area contributed by atoms with Gasteiger partial charge in [0.05, 0.1) is 6.10 Å². The summed E-state index contributed by atoms with van der Waals surface area (Å²) in [6, 6.07) is 0.0663. The van der Waals surface area contributed by atoms with Gasteiger partial charge < -0.3 is 20.5 Å². The molecule has 1 saturated heterocycles. The Morgan fingerprint density at radius 2 is 2.10 bits per heavy atom. The van der Waals surface area contributed by atoms with E-state index in [0.29, 0.717) is 24.6 Å². The second-order valence-electron chi connectivity index (χ2n) is 5.74. The quantitative estimate of drug-likeness (QED) is 0.717. The lowest BCUT2D eigenvalue weighted by molar-refractivity contribution is -0.149. The summed E-state index contributed by atoms with van der Waals surface area (Å²) in [6.07, 6.45) is 6.83. The highest BCUT2D eigenvalue weighted by atomic mass is 32.2. The number of carbonyl (C=O) groups is 2. The molecule has 2 rings (SSSR count). The largest absolute Gasteiger partial charge is 0.479 e. The number of urea groups is 1. The van der Waals surface area contributed by atoms with E-state index in [1.165, 1.54) is 6.42 Å². The van der Waals surface area contributed by atoms with E-state index in [0.717, 1.165) is 19.3 Å². The Morgan fingerprint density at radius 1 is 1.29 bits per heavy atom. The predicted molar refractivity (Wildman–Crippen MR) is 81.6 cm³/mol. The maximum atomic E-state index is 11.9.